The summed E-state index contributed by atoms with van der Waals surface area (Å²) in [6.45, 7) is 0. The first-order valence-corrected chi connectivity index (χ1v) is 5.92. The predicted octanol–water partition coefficient (Wildman–Crippen LogP) is 2.72. The zero-order valence-corrected chi connectivity index (χ0v) is 11.2. The number of rotatable bonds is 4. The van der Waals surface area contributed by atoms with Crippen LogP contribution in [0.5, 0.6) is 0 Å². The van der Waals surface area contributed by atoms with Gasteiger partial charge in [-0.25, -0.2) is 18.2 Å². The van der Waals surface area contributed by atoms with Gasteiger partial charge in [0.05, 0.1) is 0 Å². The van der Waals surface area contributed by atoms with E-state index < -0.39 is 42.2 Å². The minimum absolute atomic E-state index is 0.0779. The van der Waals surface area contributed by atoms with Gasteiger partial charge in [-0.3, -0.25) is 0 Å². The molecule has 0 saturated heterocycles. The van der Waals surface area contributed by atoms with Crippen LogP contribution in [-0.2, 0) is 5.54 Å². The second-order valence-electron chi connectivity index (χ2n) is 4.07. The summed E-state index contributed by atoms with van der Waals surface area (Å²) in [5.41, 5.74) is 1.08. The van der Waals surface area contributed by atoms with Crippen LogP contribution in [0.1, 0.15) is 12.1 Å². The molecule has 3 N–H and O–H groups in total. The van der Waals surface area contributed by atoms with Gasteiger partial charge < -0.3 is 10.8 Å². The topological polar surface area (TPSA) is 59.1 Å². The maximum atomic E-state index is 13.5. The molecule has 1 aromatic heterocycles. The van der Waals surface area contributed by atoms with Crippen molar-refractivity contribution in [3.8, 4) is 0 Å². The summed E-state index contributed by atoms with van der Waals surface area (Å²) >= 11 is 2.78. The fourth-order valence-corrected chi connectivity index (χ4v) is 1.78. The van der Waals surface area contributed by atoms with Gasteiger partial charge in [-0.15, -0.1) is 0 Å². The molecule has 0 fully saturated rings. The van der Waals surface area contributed by atoms with Crippen LogP contribution < -0.4 is 5.73 Å². The van der Waals surface area contributed by atoms with Crippen molar-refractivity contribution in [2.24, 2.45) is 5.73 Å². The molecule has 0 aromatic carbocycles. The van der Waals surface area contributed by atoms with Gasteiger partial charge in [0.15, 0.2) is 6.10 Å². The maximum absolute atomic E-state index is 13.5. The number of alkyl halides is 5. The fraction of sp³-hybridized carbons (Fsp3) is 0.500. The summed E-state index contributed by atoms with van der Waals surface area (Å²) in [5.74, 6) is -1.29. The molecule has 0 radical (unpaired) electrons. The number of halogens is 7. The van der Waals surface area contributed by atoms with E-state index in [0.717, 1.165) is 12.1 Å². The first-order valence-electron chi connectivity index (χ1n) is 5.13. The molecule has 0 saturated carbocycles. The van der Waals surface area contributed by atoms with E-state index >= 15 is 0 Å². The highest BCUT2D eigenvalue weighted by molar-refractivity contribution is 9.10. The van der Waals surface area contributed by atoms with Crippen LogP contribution in [0.25, 0.3) is 0 Å². The van der Waals surface area contributed by atoms with Crippen LogP contribution in [0.15, 0.2) is 16.7 Å². The Kier molecular flexibility index (Phi) is 5.03. The van der Waals surface area contributed by atoms with Gasteiger partial charge in [-0.2, -0.15) is 13.2 Å². The van der Waals surface area contributed by atoms with Gasteiger partial charge in [0.2, 0.25) is 0 Å². The number of nitrogens with two attached hydrogens (primary N) is 1. The highest BCUT2D eigenvalue weighted by Gasteiger charge is 2.49. The van der Waals surface area contributed by atoms with Crippen molar-refractivity contribution in [1.29, 1.82) is 0 Å². The van der Waals surface area contributed by atoms with E-state index in [9.17, 15) is 26.3 Å². The molecular formula is C10H9BrF6N2O. The molecule has 0 unspecified atom stereocenters. The van der Waals surface area contributed by atoms with E-state index in [1.165, 1.54) is 0 Å². The lowest BCUT2D eigenvalue weighted by Gasteiger charge is -2.31. The van der Waals surface area contributed by atoms with E-state index in [4.69, 9.17) is 10.8 Å². The van der Waals surface area contributed by atoms with E-state index in [1.54, 1.807) is 0 Å². The van der Waals surface area contributed by atoms with Gasteiger partial charge in [0.1, 0.15) is 21.7 Å². The monoisotopic (exact) mass is 366 g/mol. The van der Waals surface area contributed by atoms with E-state index in [2.05, 4.69) is 20.9 Å². The molecule has 1 rings (SSSR count). The number of nitrogens with zero attached hydrogens (tertiary/aromatic N) is 1. The van der Waals surface area contributed by atoms with E-state index in [1.807, 2.05) is 0 Å². The summed E-state index contributed by atoms with van der Waals surface area (Å²) in [5, 5.41) is 8.89. The molecule has 1 aromatic rings. The summed E-state index contributed by atoms with van der Waals surface area (Å²) < 4.78 is 76.2. The summed E-state index contributed by atoms with van der Waals surface area (Å²) in [7, 11) is 0. The highest BCUT2D eigenvalue weighted by atomic mass is 79.9. The molecule has 0 spiro atoms. The van der Waals surface area contributed by atoms with Crippen molar-refractivity contribution in [1.82, 2.24) is 4.98 Å². The number of aromatic nitrogens is 1. The van der Waals surface area contributed by atoms with Gasteiger partial charge in [0, 0.05) is 6.42 Å². The lowest BCUT2D eigenvalue weighted by atomic mass is 9.89. The fourth-order valence-electron chi connectivity index (χ4n) is 1.47. The average molecular weight is 367 g/mol. The third-order valence-corrected chi connectivity index (χ3v) is 2.99. The zero-order valence-electron chi connectivity index (χ0n) is 9.63. The Bertz CT molecular complexity index is 483. The molecule has 2 atom stereocenters. The Morgan fingerprint density at radius 1 is 1.30 bits per heavy atom. The molecule has 0 aliphatic rings. The lowest BCUT2D eigenvalue weighted by Crippen LogP contribution is -2.50. The predicted molar refractivity (Wildman–Crippen MR) is 60.4 cm³/mol. The Labute approximate surface area is 117 Å². The van der Waals surface area contributed by atoms with Crippen LogP contribution in [0, 0.1) is 5.82 Å². The Balaban J connectivity index is 3.25. The van der Waals surface area contributed by atoms with Gasteiger partial charge >= 0.3 is 6.18 Å². The number of aliphatic hydroxyl groups is 1. The van der Waals surface area contributed by atoms with E-state index in [0.29, 0.717) is 0 Å². The molecule has 0 aliphatic heterocycles. The van der Waals surface area contributed by atoms with Crippen LogP contribution in [0.2, 0.25) is 0 Å². The minimum atomic E-state index is -5.15. The van der Waals surface area contributed by atoms with Crippen molar-refractivity contribution in [2.75, 3.05) is 0 Å². The second kappa shape index (κ2) is 5.86. The lowest BCUT2D eigenvalue weighted by molar-refractivity contribution is -0.213. The molecule has 1 heterocycles. The average Bonchev–Trinajstić information content (AvgIpc) is 2.30. The van der Waals surface area contributed by atoms with Gasteiger partial charge in [-0.05, 0) is 28.1 Å². The highest BCUT2D eigenvalue weighted by Crippen LogP contribution is 2.35. The molecule has 10 heteroatoms. The maximum Gasteiger partial charge on any atom is 0.414 e. The molecule has 0 amide bonds. The third kappa shape index (κ3) is 3.61. The standard InChI is InChI=1S/C10H9BrF6N2O/c11-6-2-1-4(12)7(19-6)9(18,8(13)14)3-5(20)10(15,16)17/h1-2,5,8,20H,3,18H2/t5-,9+/m0/s1. The largest absolute Gasteiger partial charge is 0.414 e. The van der Waals surface area contributed by atoms with Crippen LogP contribution in [-0.4, -0.2) is 28.8 Å². The SMILES string of the molecule is N[C@](C[C@H](O)C(F)(F)F)(c1nc(Br)ccc1F)C(F)F. The van der Waals surface area contributed by atoms with Crippen LogP contribution in [0.4, 0.5) is 26.3 Å². The Morgan fingerprint density at radius 3 is 2.30 bits per heavy atom. The minimum Gasteiger partial charge on any atom is -0.384 e. The molecule has 0 bridgehead atoms. The summed E-state index contributed by atoms with van der Waals surface area (Å²) in [6.07, 6.45) is -13.5. The van der Waals surface area contributed by atoms with Crippen molar-refractivity contribution >= 4 is 15.9 Å². The van der Waals surface area contributed by atoms with Gasteiger partial charge in [-0.1, -0.05) is 0 Å². The van der Waals surface area contributed by atoms with Crippen molar-refractivity contribution in [2.45, 2.75) is 30.7 Å². The van der Waals surface area contributed by atoms with Crippen LogP contribution >= 0.6 is 15.9 Å². The van der Waals surface area contributed by atoms with Crippen molar-refractivity contribution < 1.29 is 31.4 Å². The molecule has 0 aliphatic carbocycles. The smallest absolute Gasteiger partial charge is 0.384 e. The van der Waals surface area contributed by atoms with Crippen molar-refractivity contribution in [3.63, 3.8) is 0 Å². The van der Waals surface area contributed by atoms with Crippen LogP contribution in [0.3, 0.4) is 0 Å². The number of aliphatic hydroxyl groups excluding tert-OH is 1. The van der Waals surface area contributed by atoms with E-state index in [-0.39, 0.29) is 4.60 Å². The molecule has 3 nitrogen and oxygen atoms in total. The Hall–Kier alpha value is -0.870. The molecule has 20 heavy (non-hydrogen) atoms. The zero-order chi connectivity index (χ0) is 15.7. The number of hydrogen-bond donors (Lipinski definition) is 2. The second-order valence-corrected chi connectivity index (χ2v) is 4.88. The molecular weight excluding hydrogens is 358 g/mol. The molecule has 114 valence electrons. The summed E-state index contributed by atoms with van der Waals surface area (Å²) in [6, 6.07) is 1.81. The van der Waals surface area contributed by atoms with Gasteiger partial charge in [0.25, 0.3) is 6.43 Å². The first-order chi connectivity index (χ1) is 8.98. The first kappa shape index (κ1) is 17.2. The third-order valence-electron chi connectivity index (χ3n) is 2.55. The summed E-state index contributed by atoms with van der Waals surface area (Å²) in [4.78, 5) is 3.36. The Morgan fingerprint density at radius 2 is 1.85 bits per heavy atom. The number of hydrogen-bond acceptors (Lipinski definition) is 3. The normalized spacial score (nSPS) is 17.1. The van der Waals surface area contributed by atoms with Crippen molar-refractivity contribution in [3.05, 3.63) is 28.2 Å². The quantitative estimate of drug-likeness (QED) is 0.636. The number of pyridine rings is 1.